The number of hydrogen-bond donors (Lipinski definition) is 0. The van der Waals surface area contributed by atoms with Gasteiger partial charge < -0.3 is 4.74 Å². The Morgan fingerprint density at radius 1 is 1.58 bits per heavy atom. The molecule has 0 rings (SSSR count). The predicted molar refractivity (Wildman–Crippen MR) is 50.0 cm³/mol. The number of unbranched alkanes of at least 4 members (excludes halogenated alkanes) is 1. The first kappa shape index (κ1) is 11.8. The van der Waals surface area contributed by atoms with Crippen molar-refractivity contribution in [1.29, 1.82) is 0 Å². The molecular formula is C9H16ClO2. The van der Waals surface area contributed by atoms with Crippen LogP contribution in [-0.2, 0) is 9.53 Å². The van der Waals surface area contributed by atoms with Crippen molar-refractivity contribution in [1.82, 2.24) is 0 Å². The summed E-state index contributed by atoms with van der Waals surface area (Å²) < 4.78 is 4.76. The molecule has 0 saturated carbocycles. The van der Waals surface area contributed by atoms with E-state index in [4.69, 9.17) is 16.3 Å². The zero-order valence-electron chi connectivity index (χ0n) is 7.68. The Bertz CT molecular complexity index is 115. The van der Waals surface area contributed by atoms with Gasteiger partial charge in [0.25, 0.3) is 0 Å². The summed E-state index contributed by atoms with van der Waals surface area (Å²) in [4.78, 5) is 9.97. The number of halogens is 1. The Labute approximate surface area is 79.2 Å². The van der Waals surface area contributed by atoms with E-state index in [0.29, 0.717) is 0 Å². The molecule has 0 spiro atoms. The Kier molecular flexibility index (Phi) is 7.26. The fraction of sp³-hybridized carbons (Fsp3) is 0.889. The van der Waals surface area contributed by atoms with Crippen molar-refractivity contribution < 1.29 is 9.53 Å². The number of ether oxygens (including phenoxy) is 1. The van der Waals surface area contributed by atoms with Gasteiger partial charge in [0, 0.05) is 11.8 Å². The highest BCUT2D eigenvalue weighted by Gasteiger charge is 2.11. The molecular weight excluding hydrogens is 176 g/mol. The lowest BCUT2D eigenvalue weighted by atomic mass is 10.1. The van der Waals surface area contributed by atoms with Crippen LogP contribution >= 0.6 is 11.6 Å². The Morgan fingerprint density at radius 2 is 2.25 bits per heavy atom. The molecule has 0 aromatic carbocycles. The van der Waals surface area contributed by atoms with Gasteiger partial charge in [-0.15, -0.1) is 11.6 Å². The number of hydrogen-bond acceptors (Lipinski definition) is 2. The van der Waals surface area contributed by atoms with Gasteiger partial charge in [-0.2, -0.15) is 0 Å². The van der Waals surface area contributed by atoms with E-state index in [9.17, 15) is 4.79 Å². The third-order valence-corrected chi connectivity index (χ3v) is 1.86. The third kappa shape index (κ3) is 6.47. The minimum absolute atomic E-state index is 0.0463. The van der Waals surface area contributed by atoms with E-state index in [1.54, 1.807) is 0 Å². The van der Waals surface area contributed by atoms with Crippen molar-refractivity contribution in [3.63, 3.8) is 0 Å². The molecule has 2 unspecified atom stereocenters. The van der Waals surface area contributed by atoms with Crippen LogP contribution in [0.15, 0.2) is 0 Å². The van der Waals surface area contributed by atoms with Crippen LogP contribution in [-0.4, -0.2) is 18.0 Å². The number of rotatable bonds is 7. The summed E-state index contributed by atoms with van der Waals surface area (Å²) in [5.74, 6) is 0. The lowest BCUT2D eigenvalue weighted by Crippen LogP contribution is -2.15. The molecule has 71 valence electrons. The lowest BCUT2D eigenvalue weighted by molar-refractivity contribution is 0.155. The zero-order chi connectivity index (χ0) is 9.40. The minimum Gasteiger partial charge on any atom is -0.454 e. The first-order chi connectivity index (χ1) is 5.70. The summed E-state index contributed by atoms with van der Waals surface area (Å²) in [5.41, 5.74) is 0. The quantitative estimate of drug-likeness (QED) is 0.579. The Morgan fingerprint density at radius 3 is 2.67 bits per heavy atom. The van der Waals surface area contributed by atoms with Crippen LogP contribution in [0, 0.1) is 0 Å². The Hall–Kier alpha value is -0.240. The van der Waals surface area contributed by atoms with Crippen molar-refractivity contribution in [2.45, 2.75) is 51.0 Å². The van der Waals surface area contributed by atoms with E-state index < -0.39 is 0 Å². The van der Waals surface area contributed by atoms with Crippen molar-refractivity contribution in [3.8, 4) is 0 Å². The van der Waals surface area contributed by atoms with E-state index in [2.05, 4.69) is 6.92 Å². The predicted octanol–water partition coefficient (Wildman–Crippen LogP) is 2.65. The maximum atomic E-state index is 9.97. The van der Waals surface area contributed by atoms with Crippen LogP contribution in [0.3, 0.4) is 0 Å². The van der Waals surface area contributed by atoms with Gasteiger partial charge in [0.1, 0.15) is 6.10 Å². The van der Waals surface area contributed by atoms with Crippen LogP contribution in [0.25, 0.3) is 0 Å². The molecule has 0 amide bonds. The summed E-state index contributed by atoms with van der Waals surface area (Å²) in [6.07, 6.45) is 3.74. The highest BCUT2D eigenvalue weighted by atomic mass is 35.5. The van der Waals surface area contributed by atoms with Gasteiger partial charge in [0.05, 0.1) is 0 Å². The molecule has 1 radical (unpaired) electrons. The number of alkyl halides is 1. The molecule has 0 heterocycles. The van der Waals surface area contributed by atoms with Gasteiger partial charge in [-0.25, -0.2) is 4.79 Å². The SMILES string of the molecule is CCCCC(CC(C)Cl)O[C]=O. The highest BCUT2D eigenvalue weighted by molar-refractivity contribution is 6.20. The van der Waals surface area contributed by atoms with E-state index in [1.807, 2.05) is 6.92 Å². The molecule has 12 heavy (non-hydrogen) atoms. The second-order valence-electron chi connectivity index (χ2n) is 2.98. The molecule has 0 aliphatic carbocycles. The first-order valence-electron chi connectivity index (χ1n) is 4.37. The molecule has 0 saturated heterocycles. The second-order valence-corrected chi connectivity index (χ2v) is 3.73. The second kappa shape index (κ2) is 7.41. The van der Waals surface area contributed by atoms with Crippen molar-refractivity contribution in [3.05, 3.63) is 0 Å². The molecule has 2 atom stereocenters. The largest absolute Gasteiger partial charge is 0.454 e. The van der Waals surface area contributed by atoms with Crippen LogP contribution in [0.5, 0.6) is 0 Å². The fourth-order valence-corrected chi connectivity index (χ4v) is 1.29. The Balaban J connectivity index is 3.61. The van der Waals surface area contributed by atoms with Gasteiger partial charge in [0.2, 0.25) is 0 Å². The average molecular weight is 192 g/mol. The average Bonchev–Trinajstić information content (AvgIpc) is 2.00. The zero-order valence-corrected chi connectivity index (χ0v) is 8.43. The lowest BCUT2D eigenvalue weighted by Gasteiger charge is -2.14. The van der Waals surface area contributed by atoms with Gasteiger partial charge in [-0.1, -0.05) is 19.8 Å². The van der Waals surface area contributed by atoms with Gasteiger partial charge in [-0.3, -0.25) is 0 Å². The maximum Gasteiger partial charge on any atom is 0.417 e. The number of carbonyl (C=O) groups excluding carboxylic acids is 1. The summed E-state index contributed by atoms with van der Waals surface area (Å²) >= 11 is 5.78. The van der Waals surface area contributed by atoms with Gasteiger partial charge in [-0.05, 0) is 13.3 Å². The van der Waals surface area contributed by atoms with E-state index in [0.717, 1.165) is 25.7 Å². The maximum absolute atomic E-state index is 9.97. The molecule has 0 bridgehead atoms. The third-order valence-electron chi connectivity index (χ3n) is 1.68. The normalized spacial score (nSPS) is 15.2. The van der Waals surface area contributed by atoms with Crippen LogP contribution in [0.4, 0.5) is 0 Å². The van der Waals surface area contributed by atoms with Crippen molar-refractivity contribution in [2.75, 3.05) is 0 Å². The summed E-state index contributed by atoms with van der Waals surface area (Å²) in [5, 5.41) is 0.0557. The fourth-order valence-electron chi connectivity index (χ4n) is 1.09. The van der Waals surface area contributed by atoms with E-state index >= 15 is 0 Å². The van der Waals surface area contributed by atoms with E-state index in [1.165, 1.54) is 6.47 Å². The molecule has 0 fully saturated rings. The van der Waals surface area contributed by atoms with Crippen LogP contribution in [0.2, 0.25) is 0 Å². The molecule has 0 N–H and O–H groups in total. The van der Waals surface area contributed by atoms with Gasteiger partial charge >= 0.3 is 6.47 Å². The van der Waals surface area contributed by atoms with Crippen molar-refractivity contribution >= 4 is 18.1 Å². The van der Waals surface area contributed by atoms with Crippen LogP contribution < -0.4 is 0 Å². The topological polar surface area (TPSA) is 26.3 Å². The summed E-state index contributed by atoms with van der Waals surface area (Å²) in [6.45, 7) is 5.47. The molecule has 2 nitrogen and oxygen atoms in total. The first-order valence-corrected chi connectivity index (χ1v) is 4.81. The molecule has 0 aromatic heterocycles. The van der Waals surface area contributed by atoms with E-state index in [-0.39, 0.29) is 11.5 Å². The molecule has 3 heteroatoms. The summed E-state index contributed by atoms with van der Waals surface area (Å²) in [7, 11) is 0. The van der Waals surface area contributed by atoms with Crippen molar-refractivity contribution in [2.24, 2.45) is 0 Å². The monoisotopic (exact) mass is 191 g/mol. The molecule has 0 aromatic rings. The molecule has 0 aliphatic heterocycles. The highest BCUT2D eigenvalue weighted by Crippen LogP contribution is 2.13. The van der Waals surface area contributed by atoms with Crippen LogP contribution in [0.1, 0.15) is 39.5 Å². The smallest absolute Gasteiger partial charge is 0.417 e. The van der Waals surface area contributed by atoms with Gasteiger partial charge in [0.15, 0.2) is 0 Å². The minimum atomic E-state index is -0.0463. The summed E-state index contributed by atoms with van der Waals surface area (Å²) in [6, 6.07) is 0. The standard InChI is InChI=1S/C9H16ClO2/c1-3-4-5-9(12-7-11)6-8(2)10/h8-9H,3-6H2,1-2H3. The molecule has 0 aliphatic rings.